The van der Waals surface area contributed by atoms with Gasteiger partial charge in [0.05, 0.1) is 6.61 Å². The molecule has 0 fully saturated rings. The largest absolute Gasteiger partial charge is 0.448 e. The molecule has 0 saturated carbocycles. The number of ether oxygens (including phenoxy) is 1. The molecule has 2 aliphatic carbocycles. The third-order valence-corrected chi connectivity index (χ3v) is 3.18. The minimum Gasteiger partial charge on any atom is -0.448 e. The summed E-state index contributed by atoms with van der Waals surface area (Å²) in [4.78, 5) is 28.3. The third kappa shape index (κ3) is 5.64. The Hall–Kier alpha value is -3.02. The fraction of sp³-hybridized carbons (Fsp3) is 0.222. The Labute approximate surface area is 140 Å². The molecule has 1 N–H and O–H groups in total. The molecule has 3 rings (SSSR count). The number of nitrogens with zero attached hydrogens (tertiary/aromatic N) is 1. The normalized spacial score (nSPS) is 9.92. The zero-order valence-corrected chi connectivity index (χ0v) is 13.7. The molecule has 0 aromatic heterocycles. The van der Waals surface area contributed by atoms with Gasteiger partial charge in [-0.1, -0.05) is 48.5 Å². The monoisotopic (exact) mass is 328 g/mol. The van der Waals surface area contributed by atoms with Gasteiger partial charge in [-0.15, -0.1) is 5.48 Å². The minimum atomic E-state index is -0.793. The summed E-state index contributed by atoms with van der Waals surface area (Å²) in [7, 11) is 1.57. The summed E-state index contributed by atoms with van der Waals surface area (Å²) in [6.07, 6.45) is -1.45. The van der Waals surface area contributed by atoms with Crippen molar-refractivity contribution in [1.29, 1.82) is 0 Å². The number of fused-ring (bicyclic) bond motifs is 1. The van der Waals surface area contributed by atoms with Gasteiger partial charge in [-0.05, 0) is 29.7 Å². The summed E-state index contributed by atoms with van der Waals surface area (Å²) in [5.41, 5.74) is 5.72. The smallest absolute Gasteiger partial charge is 0.440 e. The van der Waals surface area contributed by atoms with Crippen LogP contribution in [0.5, 0.6) is 0 Å². The second-order valence-electron chi connectivity index (χ2n) is 5.11. The van der Waals surface area contributed by atoms with Crippen LogP contribution in [0.2, 0.25) is 0 Å². The van der Waals surface area contributed by atoms with Crippen molar-refractivity contribution in [2.45, 2.75) is 13.5 Å². The van der Waals surface area contributed by atoms with Gasteiger partial charge >= 0.3 is 12.2 Å². The quantitative estimate of drug-likeness (QED) is 0.746. The first kappa shape index (κ1) is 17.3. The summed E-state index contributed by atoms with van der Waals surface area (Å²) in [6, 6.07) is 17.9. The Bertz CT molecular complexity index is 671. The van der Waals surface area contributed by atoms with Crippen LogP contribution in [0.25, 0.3) is 11.1 Å². The number of nitrogens with one attached hydrogen (secondary N) is 1. The molecule has 24 heavy (non-hydrogen) atoms. The predicted molar refractivity (Wildman–Crippen MR) is 90.0 cm³/mol. The zero-order chi connectivity index (χ0) is 17.4. The molecule has 0 spiro atoms. The Kier molecular flexibility index (Phi) is 6.19. The summed E-state index contributed by atoms with van der Waals surface area (Å²) >= 11 is 0. The van der Waals surface area contributed by atoms with Gasteiger partial charge in [0.25, 0.3) is 0 Å². The maximum atomic E-state index is 11.5. The molecule has 0 bridgehead atoms. The van der Waals surface area contributed by atoms with Crippen molar-refractivity contribution in [2.75, 3.05) is 13.7 Å². The van der Waals surface area contributed by atoms with Gasteiger partial charge in [0.15, 0.2) is 0 Å². The molecule has 126 valence electrons. The molecule has 0 atom stereocenters. The molecule has 6 nitrogen and oxygen atoms in total. The first-order chi connectivity index (χ1) is 11.6. The van der Waals surface area contributed by atoms with E-state index < -0.39 is 12.2 Å². The van der Waals surface area contributed by atoms with Crippen molar-refractivity contribution in [2.24, 2.45) is 0 Å². The van der Waals surface area contributed by atoms with Gasteiger partial charge < -0.3 is 14.5 Å². The average Bonchev–Trinajstić information content (AvgIpc) is 3.19. The van der Waals surface area contributed by atoms with Crippen LogP contribution >= 0.6 is 0 Å². The molecule has 0 unspecified atom stereocenters. The summed E-state index contributed by atoms with van der Waals surface area (Å²) in [6.45, 7) is 2.26. The van der Waals surface area contributed by atoms with Crippen LogP contribution in [0.15, 0.2) is 54.6 Å². The highest BCUT2D eigenvalue weighted by Gasteiger charge is 2.12. The van der Waals surface area contributed by atoms with Crippen molar-refractivity contribution in [3.63, 3.8) is 0 Å². The lowest BCUT2D eigenvalue weighted by atomic mass is 10.2. The number of carbonyl (C=O) groups excluding carboxylic acids is 2. The maximum Gasteiger partial charge on any atom is 0.440 e. The van der Waals surface area contributed by atoms with Crippen molar-refractivity contribution < 1.29 is 19.2 Å². The highest BCUT2D eigenvalue weighted by atomic mass is 16.7. The van der Waals surface area contributed by atoms with E-state index >= 15 is 0 Å². The van der Waals surface area contributed by atoms with E-state index in [4.69, 9.17) is 0 Å². The lowest BCUT2D eigenvalue weighted by Gasteiger charge is -2.16. The molecule has 6 heteroatoms. The zero-order valence-electron chi connectivity index (χ0n) is 13.7. The SMILES string of the molecule is CCOC(=O)NOC(=O)N(C)Cc1ccccc1.c1cc2cc-2c1. The fourth-order valence-corrected chi connectivity index (χ4v) is 1.92. The second-order valence-corrected chi connectivity index (χ2v) is 5.11. The second kappa shape index (κ2) is 8.57. The first-order valence-electron chi connectivity index (χ1n) is 7.59. The van der Waals surface area contributed by atoms with Gasteiger partial charge in [0.2, 0.25) is 0 Å². The molecule has 1 aromatic rings. The van der Waals surface area contributed by atoms with E-state index in [2.05, 4.69) is 33.8 Å². The number of amides is 2. The average molecular weight is 328 g/mol. The Morgan fingerprint density at radius 1 is 1.04 bits per heavy atom. The van der Waals surface area contributed by atoms with Crippen LogP contribution < -0.4 is 5.48 Å². The van der Waals surface area contributed by atoms with Crippen LogP contribution in [0.1, 0.15) is 12.5 Å². The van der Waals surface area contributed by atoms with E-state index in [-0.39, 0.29) is 6.61 Å². The maximum absolute atomic E-state index is 11.5. The summed E-state index contributed by atoms with van der Waals surface area (Å²) in [5.74, 6) is 0. The van der Waals surface area contributed by atoms with Crippen LogP contribution in [0.3, 0.4) is 0 Å². The highest BCUT2D eigenvalue weighted by molar-refractivity contribution is 5.80. The molecule has 2 amide bonds. The fourth-order valence-electron chi connectivity index (χ4n) is 1.92. The molecule has 0 saturated heterocycles. The molecule has 0 radical (unpaired) electrons. The Balaban J connectivity index is 0.000000282. The van der Waals surface area contributed by atoms with E-state index in [0.29, 0.717) is 6.54 Å². The number of benzene rings is 2. The predicted octanol–water partition coefficient (Wildman–Crippen LogP) is 3.58. The molecule has 1 aromatic carbocycles. The van der Waals surface area contributed by atoms with E-state index in [1.165, 1.54) is 16.0 Å². The van der Waals surface area contributed by atoms with Crippen molar-refractivity contribution in [3.05, 3.63) is 60.2 Å². The topological polar surface area (TPSA) is 67.9 Å². The van der Waals surface area contributed by atoms with Crippen molar-refractivity contribution >= 4 is 12.2 Å². The number of hydroxylamine groups is 1. The van der Waals surface area contributed by atoms with Gasteiger partial charge in [0.1, 0.15) is 0 Å². The molecule has 0 aliphatic heterocycles. The Morgan fingerprint density at radius 3 is 2.21 bits per heavy atom. The minimum absolute atomic E-state index is 0.212. The van der Waals surface area contributed by atoms with Crippen LogP contribution in [0, 0.1) is 0 Å². The molecule has 0 heterocycles. The Morgan fingerprint density at radius 2 is 1.71 bits per heavy atom. The van der Waals surface area contributed by atoms with E-state index in [1.807, 2.05) is 35.8 Å². The first-order valence-corrected chi connectivity index (χ1v) is 7.59. The van der Waals surface area contributed by atoms with Gasteiger partial charge in [-0.25, -0.2) is 9.59 Å². The number of carbonyl (C=O) groups is 2. The van der Waals surface area contributed by atoms with Gasteiger partial charge in [0, 0.05) is 13.6 Å². The summed E-state index contributed by atoms with van der Waals surface area (Å²) in [5, 5.41) is 0. The number of rotatable bonds is 3. The third-order valence-electron chi connectivity index (χ3n) is 3.18. The highest BCUT2D eigenvalue weighted by Crippen LogP contribution is 2.32. The van der Waals surface area contributed by atoms with Crippen LogP contribution in [-0.2, 0) is 16.1 Å². The number of hydrogen-bond donors (Lipinski definition) is 1. The van der Waals surface area contributed by atoms with E-state index in [0.717, 1.165) is 5.56 Å². The molecular formula is C18H20N2O4. The lowest BCUT2D eigenvalue weighted by molar-refractivity contribution is 0.0466. The summed E-state index contributed by atoms with van der Waals surface area (Å²) < 4.78 is 4.54. The number of hydrogen-bond acceptors (Lipinski definition) is 4. The van der Waals surface area contributed by atoms with Crippen molar-refractivity contribution in [1.82, 2.24) is 10.4 Å². The van der Waals surface area contributed by atoms with Crippen molar-refractivity contribution in [3.8, 4) is 11.1 Å². The molecular weight excluding hydrogens is 308 g/mol. The lowest BCUT2D eigenvalue weighted by Crippen LogP contribution is -2.35. The van der Waals surface area contributed by atoms with E-state index in [9.17, 15) is 9.59 Å². The van der Waals surface area contributed by atoms with Gasteiger partial charge in [-0.3, -0.25) is 0 Å². The standard InChI is InChI=1S/C12H16N2O4.C6H4/c1-3-17-11(15)13-18-12(16)14(2)9-10-7-5-4-6-8-10;1-2-5-4-6(5)3-1/h4-8H,3,9H2,1-2H3,(H,13,15);1-4H. The van der Waals surface area contributed by atoms with Crippen LogP contribution in [-0.4, -0.2) is 30.7 Å². The molecule has 2 aliphatic rings. The van der Waals surface area contributed by atoms with E-state index in [1.54, 1.807) is 14.0 Å². The van der Waals surface area contributed by atoms with Gasteiger partial charge in [-0.2, -0.15) is 0 Å². The van der Waals surface area contributed by atoms with Crippen LogP contribution in [0.4, 0.5) is 9.59 Å².